The van der Waals surface area contributed by atoms with Gasteiger partial charge in [-0.25, -0.2) is 4.98 Å². The predicted octanol–water partition coefficient (Wildman–Crippen LogP) is 3.98. The number of carbonyl (C=O) groups excluding carboxylic acids is 1. The van der Waals surface area contributed by atoms with Crippen molar-refractivity contribution in [3.05, 3.63) is 53.2 Å². The number of halogens is 1. The highest BCUT2D eigenvalue weighted by molar-refractivity contribution is 6.30. The van der Waals surface area contributed by atoms with Crippen LogP contribution in [-0.2, 0) is 11.2 Å². The van der Waals surface area contributed by atoms with Gasteiger partial charge in [-0.2, -0.15) is 0 Å². The van der Waals surface area contributed by atoms with Crippen LogP contribution in [0.25, 0.3) is 0 Å². The first-order chi connectivity index (χ1) is 10.5. The largest absolute Gasteiger partial charge is 0.370 e. The van der Waals surface area contributed by atoms with Crippen molar-refractivity contribution in [2.75, 3.05) is 17.2 Å². The van der Waals surface area contributed by atoms with Gasteiger partial charge in [0.05, 0.1) is 11.9 Å². The van der Waals surface area contributed by atoms with E-state index in [9.17, 15) is 4.79 Å². The summed E-state index contributed by atoms with van der Waals surface area (Å²) in [6, 6.07) is 11.5. The fourth-order valence-corrected chi connectivity index (χ4v) is 2.10. The molecule has 0 unspecified atom stereocenters. The standard InChI is InChI=1S/C17H20ClN3O/c1-12(2)17(22)21-15-6-7-16(20-11-15)19-9-8-13-4-3-5-14(18)10-13/h3-7,10-12H,8-9H2,1-2H3,(H,19,20)(H,21,22). The van der Waals surface area contributed by atoms with E-state index in [0.717, 1.165) is 23.8 Å². The van der Waals surface area contributed by atoms with Gasteiger partial charge in [0.25, 0.3) is 0 Å². The fourth-order valence-electron chi connectivity index (χ4n) is 1.89. The minimum absolute atomic E-state index is 0.0107. The molecule has 1 aromatic carbocycles. The second-order valence-electron chi connectivity index (χ2n) is 5.38. The van der Waals surface area contributed by atoms with Crippen molar-refractivity contribution in [3.8, 4) is 0 Å². The van der Waals surface area contributed by atoms with Crippen LogP contribution < -0.4 is 10.6 Å². The van der Waals surface area contributed by atoms with Crippen LogP contribution >= 0.6 is 11.6 Å². The Labute approximate surface area is 135 Å². The third-order valence-corrected chi connectivity index (χ3v) is 3.40. The highest BCUT2D eigenvalue weighted by atomic mass is 35.5. The fraction of sp³-hybridized carbons (Fsp3) is 0.294. The first kappa shape index (κ1) is 16.3. The van der Waals surface area contributed by atoms with Crippen molar-refractivity contribution in [3.63, 3.8) is 0 Å². The molecule has 0 fully saturated rings. The average molecular weight is 318 g/mol. The van der Waals surface area contributed by atoms with Gasteiger partial charge in [0.2, 0.25) is 5.91 Å². The van der Waals surface area contributed by atoms with Gasteiger partial charge >= 0.3 is 0 Å². The molecule has 116 valence electrons. The Morgan fingerprint density at radius 3 is 2.73 bits per heavy atom. The maximum absolute atomic E-state index is 11.6. The first-order valence-corrected chi connectivity index (χ1v) is 7.67. The number of pyridine rings is 1. The Morgan fingerprint density at radius 1 is 1.27 bits per heavy atom. The number of hydrogen-bond acceptors (Lipinski definition) is 3. The molecular formula is C17H20ClN3O. The summed E-state index contributed by atoms with van der Waals surface area (Å²) in [6.45, 7) is 4.48. The summed E-state index contributed by atoms with van der Waals surface area (Å²) >= 11 is 5.95. The SMILES string of the molecule is CC(C)C(=O)Nc1ccc(NCCc2cccc(Cl)c2)nc1. The minimum Gasteiger partial charge on any atom is -0.370 e. The van der Waals surface area contributed by atoms with Gasteiger partial charge in [-0.15, -0.1) is 0 Å². The number of nitrogens with zero attached hydrogens (tertiary/aromatic N) is 1. The first-order valence-electron chi connectivity index (χ1n) is 7.30. The summed E-state index contributed by atoms with van der Waals surface area (Å²) in [5.74, 6) is 0.725. The molecule has 0 spiro atoms. The average Bonchev–Trinajstić information content (AvgIpc) is 2.49. The van der Waals surface area contributed by atoms with Crippen molar-refractivity contribution >= 4 is 29.0 Å². The number of hydrogen-bond donors (Lipinski definition) is 2. The quantitative estimate of drug-likeness (QED) is 0.847. The predicted molar refractivity (Wildman–Crippen MR) is 91.4 cm³/mol. The van der Waals surface area contributed by atoms with Crippen LogP contribution in [0, 0.1) is 5.92 Å². The van der Waals surface area contributed by atoms with Gasteiger partial charge in [-0.1, -0.05) is 37.6 Å². The topological polar surface area (TPSA) is 54.0 Å². The van der Waals surface area contributed by atoms with Crippen LogP contribution in [0.4, 0.5) is 11.5 Å². The summed E-state index contributed by atoms with van der Waals surface area (Å²) < 4.78 is 0. The van der Waals surface area contributed by atoms with E-state index in [2.05, 4.69) is 15.6 Å². The van der Waals surface area contributed by atoms with Gasteiger partial charge in [0.15, 0.2) is 0 Å². The van der Waals surface area contributed by atoms with Crippen LogP contribution in [0.5, 0.6) is 0 Å². The van der Waals surface area contributed by atoms with Crippen molar-refractivity contribution in [1.82, 2.24) is 4.98 Å². The second-order valence-corrected chi connectivity index (χ2v) is 5.82. The molecule has 1 amide bonds. The lowest BCUT2D eigenvalue weighted by molar-refractivity contribution is -0.118. The van der Waals surface area contributed by atoms with Crippen molar-refractivity contribution in [2.45, 2.75) is 20.3 Å². The zero-order valence-corrected chi connectivity index (χ0v) is 13.5. The molecule has 5 heteroatoms. The van der Waals surface area contributed by atoms with Crippen LogP contribution in [-0.4, -0.2) is 17.4 Å². The molecule has 2 N–H and O–H groups in total. The molecule has 2 aromatic rings. The molecule has 0 bridgehead atoms. The molecule has 0 saturated heterocycles. The number of benzene rings is 1. The molecule has 0 saturated carbocycles. The van der Waals surface area contributed by atoms with Crippen LogP contribution in [0.1, 0.15) is 19.4 Å². The van der Waals surface area contributed by atoms with E-state index in [-0.39, 0.29) is 11.8 Å². The van der Waals surface area contributed by atoms with Gasteiger partial charge in [-0.3, -0.25) is 4.79 Å². The smallest absolute Gasteiger partial charge is 0.226 e. The van der Waals surface area contributed by atoms with Gasteiger partial charge < -0.3 is 10.6 Å². The molecule has 0 aliphatic carbocycles. The zero-order chi connectivity index (χ0) is 15.9. The third-order valence-electron chi connectivity index (χ3n) is 3.16. The maximum Gasteiger partial charge on any atom is 0.226 e. The number of rotatable bonds is 6. The molecule has 4 nitrogen and oxygen atoms in total. The second kappa shape index (κ2) is 7.80. The highest BCUT2D eigenvalue weighted by Gasteiger charge is 2.07. The van der Waals surface area contributed by atoms with E-state index in [1.54, 1.807) is 6.20 Å². The Kier molecular flexibility index (Phi) is 5.78. The lowest BCUT2D eigenvalue weighted by Crippen LogP contribution is -2.17. The molecule has 22 heavy (non-hydrogen) atoms. The summed E-state index contributed by atoms with van der Waals surface area (Å²) in [7, 11) is 0. The summed E-state index contributed by atoms with van der Waals surface area (Å²) in [6.07, 6.45) is 2.52. The lowest BCUT2D eigenvalue weighted by atomic mass is 10.1. The number of aromatic nitrogens is 1. The molecule has 2 rings (SSSR count). The Hall–Kier alpha value is -2.07. The minimum atomic E-state index is -0.0458. The van der Waals surface area contributed by atoms with Crippen molar-refractivity contribution < 1.29 is 4.79 Å². The third kappa shape index (κ3) is 5.04. The number of nitrogens with one attached hydrogen (secondary N) is 2. The van der Waals surface area contributed by atoms with Crippen LogP contribution in [0.3, 0.4) is 0 Å². The molecule has 0 aliphatic rings. The number of amides is 1. The van der Waals surface area contributed by atoms with E-state index < -0.39 is 0 Å². The summed E-state index contributed by atoms with van der Waals surface area (Å²) in [4.78, 5) is 15.9. The van der Waals surface area contributed by atoms with E-state index in [1.165, 1.54) is 5.56 Å². The Morgan fingerprint density at radius 2 is 2.09 bits per heavy atom. The van der Waals surface area contributed by atoms with Crippen molar-refractivity contribution in [1.29, 1.82) is 0 Å². The summed E-state index contributed by atoms with van der Waals surface area (Å²) in [5, 5.41) is 6.81. The van der Waals surface area contributed by atoms with E-state index in [4.69, 9.17) is 11.6 Å². The van der Waals surface area contributed by atoms with Gasteiger partial charge in [0.1, 0.15) is 5.82 Å². The molecule has 1 heterocycles. The molecule has 0 atom stereocenters. The Bertz CT molecular complexity index is 626. The normalized spacial score (nSPS) is 10.5. The highest BCUT2D eigenvalue weighted by Crippen LogP contribution is 2.13. The number of anilines is 2. The lowest BCUT2D eigenvalue weighted by Gasteiger charge is -2.09. The van der Waals surface area contributed by atoms with E-state index >= 15 is 0 Å². The molecule has 1 aromatic heterocycles. The maximum atomic E-state index is 11.6. The van der Waals surface area contributed by atoms with Crippen LogP contribution in [0.2, 0.25) is 5.02 Å². The van der Waals surface area contributed by atoms with E-state index in [0.29, 0.717) is 5.69 Å². The Balaban J connectivity index is 1.82. The van der Waals surface area contributed by atoms with Crippen molar-refractivity contribution in [2.24, 2.45) is 5.92 Å². The molecular weight excluding hydrogens is 298 g/mol. The number of carbonyl (C=O) groups is 1. The van der Waals surface area contributed by atoms with E-state index in [1.807, 2.05) is 50.2 Å². The summed E-state index contributed by atoms with van der Waals surface area (Å²) in [5.41, 5.74) is 1.89. The zero-order valence-electron chi connectivity index (χ0n) is 12.8. The van der Waals surface area contributed by atoms with Gasteiger partial charge in [0, 0.05) is 17.5 Å². The monoisotopic (exact) mass is 317 g/mol. The van der Waals surface area contributed by atoms with Gasteiger partial charge in [-0.05, 0) is 36.2 Å². The van der Waals surface area contributed by atoms with Crippen LogP contribution in [0.15, 0.2) is 42.6 Å². The molecule has 0 aliphatic heterocycles. The molecule has 0 radical (unpaired) electrons.